The van der Waals surface area contributed by atoms with Gasteiger partial charge in [0, 0.05) is 24.0 Å². The van der Waals surface area contributed by atoms with Crippen LogP contribution in [0.2, 0.25) is 5.02 Å². The van der Waals surface area contributed by atoms with Gasteiger partial charge in [-0.15, -0.1) is 0 Å². The largest absolute Gasteiger partial charge is 0.355 e. The number of carbonyl (C=O) groups is 2. The van der Waals surface area contributed by atoms with Gasteiger partial charge >= 0.3 is 0 Å². The highest BCUT2D eigenvalue weighted by Gasteiger charge is 2.33. The first-order chi connectivity index (χ1) is 17.6. The van der Waals surface area contributed by atoms with Crippen LogP contribution in [-0.2, 0) is 32.6 Å². The fourth-order valence-corrected chi connectivity index (χ4v) is 5.29. The Balaban J connectivity index is 2.04. The number of carbonyl (C=O) groups excluding carboxylic acids is 2. The molecule has 0 aliphatic heterocycles. The van der Waals surface area contributed by atoms with E-state index in [2.05, 4.69) is 21.2 Å². The van der Waals surface area contributed by atoms with Gasteiger partial charge < -0.3 is 10.2 Å². The van der Waals surface area contributed by atoms with Gasteiger partial charge in [-0.05, 0) is 42.3 Å². The first-order valence-corrected chi connectivity index (χ1v) is 14.7. The predicted molar refractivity (Wildman–Crippen MR) is 151 cm³/mol. The Kier molecular flexibility index (Phi) is 10.1. The van der Waals surface area contributed by atoms with Crippen molar-refractivity contribution in [2.75, 3.05) is 23.7 Å². The van der Waals surface area contributed by atoms with Crippen LogP contribution in [0.5, 0.6) is 0 Å². The molecule has 196 valence electrons. The van der Waals surface area contributed by atoms with Crippen LogP contribution in [0.1, 0.15) is 18.1 Å². The predicted octanol–water partition coefficient (Wildman–Crippen LogP) is 4.64. The lowest BCUT2D eigenvalue weighted by Gasteiger charge is -2.33. The van der Waals surface area contributed by atoms with Crippen LogP contribution in [0.3, 0.4) is 0 Å². The fraction of sp³-hybridized carbons (Fsp3) is 0.259. The molecule has 0 aliphatic rings. The van der Waals surface area contributed by atoms with Crippen molar-refractivity contribution >= 4 is 55.1 Å². The molecule has 0 saturated heterocycles. The summed E-state index contributed by atoms with van der Waals surface area (Å²) in [6, 6.07) is 22.4. The first kappa shape index (κ1) is 28.7. The van der Waals surface area contributed by atoms with Crippen LogP contribution in [-0.4, -0.2) is 50.5 Å². The van der Waals surface area contributed by atoms with Crippen molar-refractivity contribution in [1.82, 2.24) is 10.2 Å². The standard InChI is InChI=1S/C27H29BrClN3O4S/c1-3-30-27(34)25(17-20-9-5-4-6-10-20)31(18-21-13-15-22(28)16-14-21)26(33)19-32(37(2,35)36)24-12-8-7-11-23(24)29/h4-16,25H,3,17-19H2,1-2H3,(H,30,34). The van der Waals surface area contributed by atoms with E-state index in [1.165, 1.54) is 4.90 Å². The second-order valence-corrected chi connectivity index (χ2v) is 11.7. The Labute approximate surface area is 231 Å². The van der Waals surface area contributed by atoms with Crippen LogP contribution in [0.15, 0.2) is 83.3 Å². The Morgan fingerprint density at radius 1 is 0.946 bits per heavy atom. The summed E-state index contributed by atoms with van der Waals surface area (Å²) in [5, 5.41) is 3.03. The Morgan fingerprint density at radius 2 is 1.57 bits per heavy atom. The summed E-state index contributed by atoms with van der Waals surface area (Å²) in [5.41, 5.74) is 1.86. The van der Waals surface area contributed by atoms with Crippen LogP contribution in [0, 0.1) is 0 Å². The number of para-hydroxylation sites is 1. The minimum absolute atomic E-state index is 0.112. The maximum absolute atomic E-state index is 13.9. The fourth-order valence-electron chi connectivity index (χ4n) is 3.88. The van der Waals surface area contributed by atoms with Crippen LogP contribution < -0.4 is 9.62 Å². The van der Waals surface area contributed by atoms with Crippen molar-refractivity contribution in [1.29, 1.82) is 0 Å². The third kappa shape index (κ3) is 8.05. The summed E-state index contributed by atoms with van der Waals surface area (Å²) >= 11 is 9.71. The molecule has 0 spiro atoms. The van der Waals surface area contributed by atoms with Gasteiger partial charge in [0.15, 0.2) is 0 Å². The molecule has 0 aromatic heterocycles. The smallest absolute Gasteiger partial charge is 0.244 e. The number of rotatable bonds is 11. The Bertz CT molecular complexity index is 1320. The van der Waals surface area contributed by atoms with E-state index in [1.54, 1.807) is 31.2 Å². The number of halogens is 2. The van der Waals surface area contributed by atoms with Gasteiger partial charge in [0.05, 0.1) is 17.0 Å². The number of hydrogen-bond donors (Lipinski definition) is 1. The number of likely N-dealkylation sites (N-methyl/N-ethyl adjacent to an activating group) is 1. The van der Waals surface area contributed by atoms with Gasteiger partial charge in [-0.25, -0.2) is 8.42 Å². The van der Waals surface area contributed by atoms with Gasteiger partial charge in [0.1, 0.15) is 12.6 Å². The van der Waals surface area contributed by atoms with Gasteiger partial charge in [-0.3, -0.25) is 13.9 Å². The quantitative estimate of drug-likeness (QED) is 0.345. The average Bonchev–Trinajstić information content (AvgIpc) is 2.86. The summed E-state index contributed by atoms with van der Waals surface area (Å²) in [7, 11) is -3.87. The summed E-state index contributed by atoms with van der Waals surface area (Å²) < 4.78 is 27.3. The van der Waals surface area contributed by atoms with E-state index in [0.717, 1.165) is 26.2 Å². The van der Waals surface area contributed by atoms with Gasteiger partial charge in [-0.1, -0.05) is 82.1 Å². The molecule has 7 nitrogen and oxygen atoms in total. The second kappa shape index (κ2) is 13.1. The van der Waals surface area contributed by atoms with Gasteiger partial charge in [0.25, 0.3) is 0 Å². The molecule has 2 amide bonds. The molecule has 37 heavy (non-hydrogen) atoms. The van der Waals surface area contributed by atoms with Crippen molar-refractivity contribution < 1.29 is 18.0 Å². The SMILES string of the molecule is CCNC(=O)C(Cc1ccccc1)N(Cc1ccc(Br)cc1)C(=O)CN(c1ccccc1Cl)S(C)(=O)=O. The second-order valence-electron chi connectivity index (χ2n) is 8.47. The van der Waals surface area contributed by atoms with E-state index in [4.69, 9.17) is 11.6 Å². The highest BCUT2D eigenvalue weighted by molar-refractivity contribution is 9.10. The van der Waals surface area contributed by atoms with Crippen molar-refractivity contribution in [3.8, 4) is 0 Å². The highest BCUT2D eigenvalue weighted by Crippen LogP contribution is 2.27. The van der Waals surface area contributed by atoms with E-state index in [1.807, 2.05) is 54.6 Å². The van der Waals surface area contributed by atoms with Crippen LogP contribution in [0.4, 0.5) is 5.69 Å². The Hall–Kier alpha value is -2.88. The molecule has 0 bridgehead atoms. The molecule has 1 unspecified atom stereocenters. The number of hydrogen-bond acceptors (Lipinski definition) is 4. The highest BCUT2D eigenvalue weighted by atomic mass is 79.9. The molecule has 0 fully saturated rings. The van der Waals surface area contributed by atoms with E-state index in [-0.39, 0.29) is 29.6 Å². The lowest BCUT2D eigenvalue weighted by atomic mass is 10.0. The number of amides is 2. The third-order valence-corrected chi connectivity index (χ3v) is 7.66. The molecule has 1 N–H and O–H groups in total. The van der Waals surface area contributed by atoms with E-state index in [0.29, 0.717) is 6.54 Å². The number of anilines is 1. The summed E-state index contributed by atoms with van der Waals surface area (Å²) in [5.74, 6) is -0.846. The zero-order valence-corrected chi connectivity index (χ0v) is 23.8. The number of nitrogens with zero attached hydrogens (tertiary/aromatic N) is 2. The van der Waals surface area contributed by atoms with Crippen molar-refractivity contribution in [2.45, 2.75) is 25.9 Å². The number of sulfonamides is 1. The van der Waals surface area contributed by atoms with Crippen molar-refractivity contribution in [3.63, 3.8) is 0 Å². The molecule has 0 saturated carbocycles. The van der Waals surface area contributed by atoms with E-state index >= 15 is 0 Å². The zero-order chi connectivity index (χ0) is 27.0. The van der Waals surface area contributed by atoms with E-state index in [9.17, 15) is 18.0 Å². The lowest BCUT2D eigenvalue weighted by Crippen LogP contribution is -2.53. The molecular weight excluding hydrogens is 578 g/mol. The van der Waals surface area contributed by atoms with Crippen LogP contribution in [0.25, 0.3) is 0 Å². The normalized spacial score (nSPS) is 12.0. The molecule has 0 radical (unpaired) electrons. The molecule has 3 aromatic carbocycles. The molecule has 0 heterocycles. The summed E-state index contributed by atoms with van der Waals surface area (Å²) in [6.07, 6.45) is 1.29. The number of nitrogens with one attached hydrogen (secondary N) is 1. The topological polar surface area (TPSA) is 86.8 Å². The van der Waals surface area contributed by atoms with Crippen molar-refractivity contribution in [2.24, 2.45) is 0 Å². The minimum atomic E-state index is -3.87. The summed E-state index contributed by atoms with van der Waals surface area (Å²) in [4.78, 5) is 28.6. The molecule has 10 heteroatoms. The maximum Gasteiger partial charge on any atom is 0.244 e. The van der Waals surface area contributed by atoms with Crippen molar-refractivity contribution in [3.05, 3.63) is 99.5 Å². The monoisotopic (exact) mass is 605 g/mol. The minimum Gasteiger partial charge on any atom is -0.355 e. The number of benzene rings is 3. The zero-order valence-electron chi connectivity index (χ0n) is 20.6. The molecule has 3 aromatic rings. The Morgan fingerprint density at radius 3 is 2.16 bits per heavy atom. The summed E-state index contributed by atoms with van der Waals surface area (Å²) in [6.45, 7) is 1.80. The van der Waals surface area contributed by atoms with Crippen LogP contribution >= 0.6 is 27.5 Å². The average molecular weight is 607 g/mol. The van der Waals surface area contributed by atoms with Gasteiger partial charge in [-0.2, -0.15) is 0 Å². The maximum atomic E-state index is 13.9. The third-order valence-electron chi connectivity index (χ3n) is 5.69. The van der Waals surface area contributed by atoms with Gasteiger partial charge in [0.2, 0.25) is 21.8 Å². The lowest BCUT2D eigenvalue weighted by molar-refractivity contribution is -0.140. The molecular formula is C27H29BrClN3O4S. The molecule has 1 atom stereocenters. The van der Waals surface area contributed by atoms with E-state index < -0.39 is 28.5 Å². The molecule has 0 aliphatic carbocycles. The molecule has 3 rings (SSSR count). The first-order valence-electron chi connectivity index (χ1n) is 11.7.